The monoisotopic (exact) mass is 184 g/mol. The maximum Gasteiger partial charge on any atom is 0.306 e. The van der Waals surface area contributed by atoms with Crippen molar-refractivity contribution in [2.75, 3.05) is 6.61 Å². The van der Waals surface area contributed by atoms with E-state index in [0.717, 1.165) is 19.1 Å². The van der Waals surface area contributed by atoms with Gasteiger partial charge >= 0.3 is 5.97 Å². The Bertz CT molecular complexity index is 212. The highest BCUT2D eigenvalue weighted by Gasteiger charge is 2.33. The van der Waals surface area contributed by atoms with Crippen LogP contribution in [0.5, 0.6) is 0 Å². The van der Waals surface area contributed by atoms with E-state index in [2.05, 4.69) is 0 Å². The number of carbonyl (C=O) groups excluding carboxylic acids is 2. The second-order valence-electron chi connectivity index (χ2n) is 4.28. The van der Waals surface area contributed by atoms with Crippen LogP contribution in [0.15, 0.2) is 0 Å². The van der Waals surface area contributed by atoms with Gasteiger partial charge in [0.2, 0.25) is 0 Å². The molecule has 0 bridgehead atoms. The molecule has 1 rings (SSSR count). The third-order valence-electron chi connectivity index (χ3n) is 2.59. The van der Waals surface area contributed by atoms with Crippen LogP contribution in [-0.4, -0.2) is 18.9 Å². The third-order valence-corrected chi connectivity index (χ3v) is 2.59. The van der Waals surface area contributed by atoms with Crippen LogP contribution in [0.1, 0.15) is 33.1 Å². The summed E-state index contributed by atoms with van der Waals surface area (Å²) in [5, 5.41) is 0. The van der Waals surface area contributed by atoms with Crippen molar-refractivity contribution in [3.8, 4) is 0 Å². The minimum atomic E-state index is -0.133. The van der Waals surface area contributed by atoms with Crippen LogP contribution < -0.4 is 0 Å². The molecule has 0 aliphatic carbocycles. The lowest BCUT2D eigenvalue weighted by Crippen LogP contribution is -2.31. The molecule has 1 aliphatic rings. The number of carbonyl (C=O) groups is 2. The largest absolute Gasteiger partial charge is 0.466 e. The van der Waals surface area contributed by atoms with E-state index in [1.807, 2.05) is 13.8 Å². The normalized spacial score (nSPS) is 30.8. The van der Waals surface area contributed by atoms with Crippen LogP contribution in [-0.2, 0) is 14.3 Å². The van der Waals surface area contributed by atoms with Crippen molar-refractivity contribution < 1.29 is 14.3 Å². The molecule has 0 aromatic heterocycles. The van der Waals surface area contributed by atoms with E-state index < -0.39 is 0 Å². The number of hydrogen-bond donors (Lipinski definition) is 0. The van der Waals surface area contributed by atoms with Crippen LogP contribution in [0.25, 0.3) is 0 Å². The fourth-order valence-electron chi connectivity index (χ4n) is 1.90. The molecule has 1 aliphatic heterocycles. The lowest BCUT2D eigenvalue weighted by atomic mass is 9.76. The Hall–Kier alpha value is -0.860. The van der Waals surface area contributed by atoms with Crippen molar-refractivity contribution in [1.29, 1.82) is 0 Å². The maximum atomic E-state index is 11.0. The van der Waals surface area contributed by atoms with E-state index in [9.17, 15) is 9.59 Å². The van der Waals surface area contributed by atoms with E-state index in [4.69, 9.17) is 4.74 Å². The average Bonchev–Trinajstić information content (AvgIpc) is 2.02. The SMILES string of the molecule is CC(C=O)CC1(C)CCOC(=O)C1. The van der Waals surface area contributed by atoms with Gasteiger partial charge in [-0.25, -0.2) is 0 Å². The van der Waals surface area contributed by atoms with Crippen LogP contribution in [0.2, 0.25) is 0 Å². The molecule has 1 heterocycles. The number of cyclic esters (lactones) is 1. The third kappa shape index (κ3) is 2.83. The van der Waals surface area contributed by atoms with Crippen LogP contribution in [0, 0.1) is 11.3 Å². The van der Waals surface area contributed by atoms with E-state index >= 15 is 0 Å². The van der Waals surface area contributed by atoms with E-state index in [0.29, 0.717) is 13.0 Å². The molecule has 2 atom stereocenters. The van der Waals surface area contributed by atoms with Crippen LogP contribution >= 0.6 is 0 Å². The highest BCUT2D eigenvalue weighted by Crippen LogP contribution is 2.36. The Morgan fingerprint density at radius 2 is 2.38 bits per heavy atom. The predicted molar refractivity (Wildman–Crippen MR) is 48.1 cm³/mol. The molecule has 0 spiro atoms. The van der Waals surface area contributed by atoms with Gasteiger partial charge < -0.3 is 9.53 Å². The first-order valence-corrected chi connectivity index (χ1v) is 4.67. The molecule has 13 heavy (non-hydrogen) atoms. The van der Waals surface area contributed by atoms with Crippen LogP contribution in [0.3, 0.4) is 0 Å². The summed E-state index contributed by atoms with van der Waals surface area (Å²) in [6, 6.07) is 0. The highest BCUT2D eigenvalue weighted by atomic mass is 16.5. The fourth-order valence-corrected chi connectivity index (χ4v) is 1.90. The summed E-state index contributed by atoms with van der Waals surface area (Å²) in [4.78, 5) is 21.5. The van der Waals surface area contributed by atoms with Gasteiger partial charge in [-0.15, -0.1) is 0 Å². The maximum absolute atomic E-state index is 11.0. The lowest BCUT2D eigenvalue weighted by Gasteiger charge is -2.33. The number of rotatable bonds is 3. The molecule has 0 amide bonds. The first-order chi connectivity index (χ1) is 6.06. The Morgan fingerprint density at radius 1 is 1.69 bits per heavy atom. The molecule has 1 saturated heterocycles. The van der Waals surface area contributed by atoms with Crippen molar-refractivity contribution in [1.82, 2.24) is 0 Å². The molecule has 2 unspecified atom stereocenters. The van der Waals surface area contributed by atoms with Crippen molar-refractivity contribution in [3.63, 3.8) is 0 Å². The first kappa shape index (κ1) is 10.2. The lowest BCUT2D eigenvalue weighted by molar-refractivity contribution is -0.153. The molecule has 0 saturated carbocycles. The molecule has 0 radical (unpaired) electrons. The molecule has 74 valence electrons. The molecule has 3 heteroatoms. The summed E-state index contributed by atoms with van der Waals surface area (Å²) in [7, 11) is 0. The summed E-state index contributed by atoms with van der Waals surface area (Å²) in [6.45, 7) is 4.44. The zero-order valence-electron chi connectivity index (χ0n) is 8.21. The topological polar surface area (TPSA) is 43.4 Å². The zero-order chi connectivity index (χ0) is 9.90. The second kappa shape index (κ2) is 3.90. The molecule has 1 fully saturated rings. The summed E-state index contributed by atoms with van der Waals surface area (Å²) in [6.07, 6.45) is 3.05. The van der Waals surface area contributed by atoms with Crippen molar-refractivity contribution >= 4 is 12.3 Å². The van der Waals surface area contributed by atoms with Gasteiger partial charge in [0.25, 0.3) is 0 Å². The summed E-state index contributed by atoms with van der Waals surface area (Å²) in [5.41, 5.74) is -0.0321. The number of hydrogen-bond acceptors (Lipinski definition) is 3. The van der Waals surface area contributed by atoms with Gasteiger partial charge in [0.05, 0.1) is 13.0 Å². The molecular weight excluding hydrogens is 168 g/mol. The van der Waals surface area contributed by atoms with Gasteiger partial charge in [-0.05, 0) is 18.3 Å². The summed E-state index contributed by atoms with van der Waals surface area (Å²) >= 11 is 0. The minimum Gasteiger partial charge on any atom is -0.466 e. The Kier molecular flexibility index (Phi) is 3.07. The van der Waals surface area contributed by atoms with E-state index in [1.54, 1.807) is 0 Å². The smallest absolute Gasteiger partial charge is 0.306 e. The average molecular weight is 184 g/mol. The predicted octanol–water partition coefficient (Wildman–Crippen LogP) is 1.55. The van der Waals surface area contributed by atoms with Crippen LogP contribution in [0.4, 0.5) is 0 Å². The molecule has 0 aromatic carbocycles. The molecular formula is C10H16O3. The Balaban J connectivity index is 2.53. The van der Waals surface area contributed by atoms with Gasteiger partial charge in [-0.2, -0.15) is 0 Å². The van der Waals surface area contributed by atoms with Gasteiger partial charge in [0.1, 0.15) is 6.29 Å². The number of aldehydes is 1. The fraction of sp³-hybridized carbons (Fsp3) is 0.800. The molecule has 0 aromatic rings. The minimum absolute atomic E-state index is 0.0321. The van der Waals surface area contributed by atoms with E-state index in [1.165, 1.54) is 0 Å². The molecule has 0 N–H and O–H groups in total. The zero-order valence-corrected chi connectivity index (χ0v) is 8.21. The number of esters is 1. The van der Waals surface area contributed by atoms with Crippen molar-refractivity contribution in [3.05, 3.63) is 0 Å². The quantitative estimate of drug-likeness (QED) is 0.493. The second-order valence-corrected chi connectivity index (χ2v) is 4.28. The Morgan fingerprint density at radius 3 is 2.92 bits per heavy atom. The van der Waals surface area contributed by atoms with Gasteiger partial charge in [0.15, 0.2) is 0 Å². The standard InChI is InChI=1S/C10H16O3/c1-8(7-11)5-10(2)3-4-13-9(12)6-10/h7-8H,3-6H2,1-2H3. The van der Waals surface area contributed by atoms with Gasteiger partial charge in [-0.1, -0.05) is 13.8 Å². The summed E-state index contributed by atoms with van der Waals surface area (Å²) < 4.78 is 4.86. The van der Waals surface area contributed by atoms with Crippen molar-refractivity contribution in [2.45, 2.75) is 33.1 Å². The first-order valence-electron chi connectivity index (χ1n) is 4.67. The van der Waals surface area contributed by atoms with E-state index in [-0.39, 0.29) is 17.3 Å². The highest BCUT2D eigenvalue weighted by molar-refractivity contribution is 5.71. The van der Waals surface area contributed by atoms with Crippen molar-refractivity contribution in [2.24, 2.45) is 11.3 Å². The summed E-state index contributed by atoms with van der Waals surface area (Å²) in [5.74, 6) is -0.0947. The van der Waals surface area contributed by atoms with Gasteiger partial charge in [-0.3, -0.25) is 4.79 Å². The number of ether oxygens (including phenoxy) is 1. The molecule has 3 nitrogen and oxygen atoms in total. The Labute approximate surface area is 78.5 Å². The van der Waals surface area contributed by atoms with Gasteiger partial charge in [0, 0.05) is 5.92 Å².